The zero-order chi connectivity index (χ0) is 20.9. The maximum absolute atomic E-state index is 11.5. The molecule has 1 atom stereocenters. The zero-order valence-corrected chi connectivity index (χ0v) is 16.7. The second-order valence-electron chi connectivity index (χ2n) is 7.01. The Morgan fingerprint density at radius 1 is 1.40 bits per heavy atom. The number of carboxylic acid groups (broad SMARTS) is 1. The summed E-state index contributed by atoms with van der Waals surface area (Å²) in [4.78, 5) is 30.9. The van der Waals surface area contributed by atoms with Crippen molar-refractivity contribution in [1.82, 2.24) is 29.7 Å². The van der Waals surface area contributed by atoms with Crippen molar-refractivity contribution in [2.75, 3.05) is 36.5 Å². The average Bonchev–Trinajstić information content (AvgIpc) is 3.18. The molecule has 158 valence electrons. The number of nitrogens with one attached hydrogen (secondary N) is 1. The molecule has 0 amide bonds. The van der Waals surface area contributed by atoms with Gasteiger partial charge in [0.15, 0.2) is 5.82 Å². The lowest BCUT2D eigenvalue weighted by atomic mass is 9.99. The van der Waals surface area contributed by atoms with Crippen molar-refractivity contribution in [2.24, 2.45) is 5.92 Å². The first-order valence-corrected chi connectivity index (χ1v) is 9.97. The first-order chi connectivity index (χ1) is 14.7. The number of nitrogens with zero attached hydrogens (tertiary/aromatic N) is 7. The maximum atomic E-state index is 11.5. The number of rotatable bonds is 8. The molecule has 3 aromatic heterocycles. The summed E-state index contributed by atoms with van der Waals surface area (Å²) in [6.07, 6.45) is 6.23. The summed E-state index contributed by atoms with van der Waals surface area (Å²) >= 11 is 0. The first kappa shape index (κ1) is 20.0. The van der Waals surface area contributed by atoms with Crippen LogP contribution in [-0.2, 0) is 16.1 Å². The fourth-order valence-electron chi connectivity index (χ4n) is 3.53. The molecule has 1 fully saturated rings. The highest BCUT2D eigenvalue weighted by Gasteiger charge is 2.28. The monoisotopic (exact) mass is 412 g/mol. The van der Waals surface area contributed by atoms with Crippen LogP contribution < -0.4 is 10.2 Å². The Hall–Kier alpha value is -3.34. The normalized spacial score (nSPS) is 16.7. The quantitative estimate of drug-likeness (QED) is 0.527. The van der Waals surface area contributed by atoms with Crippen LogP contribution in [0, 0.1) is 5.92 Å². The topological polar surface area (TPSA) is 131 Å². The molecule has 1 aliphatic rings. The third kappa shape index (κ3) is 4.30. The average molecular weight is 412 g/mol. The minimum absolute atomic E-state index is 0.381. The minimum Gasteiger partial charge on any atom is -0.481 e. The van der Waals surface area contributed by atoms with Gasteiger partial charge in [-0.05, 0) is 25.8 Å². The molecule has 11 nitrogen and oxygen atoms in total. The van der Waals surface area contributed by atoms with Gasteiger partial charge in [-0.25, -0.2) is 15.0 Å². The van der Waals surface area contributed by atoms with Crippen molar-refractivity contribution in [2.45, 2.75) is 26.3 Å². The molecule has 3 aromatic rings. The number of ether oxygens (including phenoxy) is 1. The van der Waals surface area contributed by atoms with E-state index in [1.54, 1.807) is 23.1 Å². The molecule has 4 heterocycles. The van der Waals surface area contributed by atoms with E-state index >= 15 is 0 Å². The van der Waals surface area contributed by atoms with Crippen LogP contribution in [0.3, 0.4) is 0 Å². The molecular weight excluding hydrogens is 388 g/mol. The van der Waals surface area contributed by atoms with Gasteiger partial charge in [0, 0.05) is 25.9 Å². The fraction of sp³-hybridized carbons (Fsp3) is 0.474. The highest BCUT2D eigenvalue weighted by atomic mass is 16.5. The Kier molecular flexibility index (Phi) is 5.98. The largest absolute Gasteiger partial charge is 0.481 e. The molecule has 1 aliphatic heterocycles. The van der Waals surface area contributed by atoms with E-state index in [1.165, 1.54) is 6.33 Å². The molecule has 2 N–H and O–H groups in total. The number of aliphatic carboxylic acids is 1. The molecule has 0 bridgehead atoms. The second-order valence-corrected chi connectivity index (χ2v) is 7.01. The standard InChI is InChI=1S/C19H24N8O3/c1-2-30-9-8-27-16-14(10-22-27)23-19(26-7-3-4-13(11-26)18(28)29)25-17(16)24-15-5-6-20-12-21-15/h5-6,10,12-13H,2-4,7-9,11H2,1H3,(H,28,29)(H,20,21,23,24,25)/t13-/m0/s1. The summed E-state index contributed by atoms with van der Waals surface area (Å²) in [5.41, 5.74) is 1.41. The van der Waals surface area contributed by atoms with Crippen LogP contribution in [0.2, 0.25) is 0 Å². The minimum atomic E-state index is -0.788. The van der Waals surface area contributed by atoms with Gasteiger partial charge >= 0.3 is 5.97 Å². The zero-order valence-electron chi connectivity index (χ0n) is 16.7. The van der Waals surface area contributed by atoms with Crippen LogP contribution >= 0.6 is 0 Å². The van der Waals surface area contributed by atoms with Crippen molar-refractivity contribution >= 4 is 34.6 Å². The van der Waals surface area contributed by atoms with Gasteiger partial charge in [-0.1, -0.05) is 0 Å². The molecule has 30 heavy (non-hydrogen) atoms. The predicted octanol–water partition coefficient (Wildman–Crippen LogP) is 1.70. The van der Waals surface area contributed by atoms with Gasteiger partial charge in [0.25, 0.3) is 0 Å². The molecular formula is C19H24N8O3. The molecule has 11 heteroatoms. The first-order valence-electron chi connectivity index (χ1n) is 9.97. The van der Waals surface area contributed by atoms with Crippen LogP contribution in [-0.4, -0.2) is 67.1 Å². The highest BCUT2D eigenvalue weighted by molar-refractivity contribution is 5.88. The van der Waals surface area contributed by atoms with Gasteiger partial charge in [0.05, 0.1) is 25.3 Å². The summed E-state index contributed by atoms with van der Waals surface area (Å²) in [7, 11) is 0. The van der Waals surface area contributed by atoms with E-state index in [1.807, 2.05) is 11.8 Å². The van der Waals surface area contributed by atoms with Crippen molar-refractivity contribution in [3.63, 3.8) is 0 Å². The number of carboxylic acids is 1. The van der Waals surface area contributed by atoms with Crippen molar-refractivity contribution < 1.29 is 14.6 Å². The molecule has 4 rings (SSSR count). The van der Waals surface area contributed by atoms with Crippen molar-refractivity contribution in [3.05, 3.63) is 24.8 Å². The number of anilines is 3. The maximum Gasteiger partial charge on any atom is 0.308 e. The van der Waals surface area contributed by atoms with Gasteiger partial charge < -0.3 is 20.1 Å². The lowest BCUT2D eigenvalue weighted by Gasteiger charge is -2.30. The van der Waals surface area contributed by atoms with Crippen LogP contribution in [0.25, 0.3) is 11.0 Å². The van der Waals surface area contributed by atoms with Crippen LogP contribution in [0.4, 0.5) is 17.6 Å². The predicted molar refractivity (Wildman–Crippen MR) is 110 cm³/mol. The third-order valence-electron chi connectivity index (χ3n) is 5.01. The van der Waals surface area contributed by atoms with E-state index in [0.717, 1.165) is 11.9 Å². The lowest BCUT2D eigenvalue weighted by molar-refractivity contribution is -0.141. The fourth-order valence-corrected chi connectivity index (χ4v) is 3.53. The molecule has 0 saturated carbocycles. The van der Waals surface area contributed by atoms with Gasteiger partial charge in [0.1, 0.15) is 23.2 Å². The smallest absolute Gasteiger partial charge is 0.308 e. The number of fused-ring (bicyclic) bond motifs is 1. The third-order valence-corrected chi connectivity index (χ3v) is 5.01. The lowest BCUT2D eigenvalue weighted by Crippen LogP contribution is -2.39. The van der Waals surface area contributed by atoms with E-state index in [9.17, 15) is 9.90 Å². The van der Waals surface area contributed by atoms with Crippen LogP contribution in [0.1, 0.15) is 19.8 Å². The summed E-state index contributed by atoms with van der Waals surface area (Å²) in [6.45, 7) is 4.75. The number of piperidine rings is 1. The Bertz CT molecular complexity index is 1010. The van der Waals surface area contributed by atoms with E-state index in [4.69, 9.17) is 9.72 Å². The van der Waals surface area contributed by atoms with Gasteiger partial charge in [-0.2, -0.15) is 10.1 Å². The molecule has 0 unspecified atom stereocenters. The molecule has 0 aromatic carbocycles. The second kappa shape index (κ2) is 8.99. The summed E-state index contributed by atoms with van der Waals surface area (Å²) in [6, 6.07) is 1.75. The van der Waals surface area contributed by atoms with Crippen molar-refractivity contribution in [3.8, 4) is 0 Å². The van der Waals surface area contributed by atoms with E-state index < -0.39 is 11.9 Å². The summed E-state index contributed by atoms with van der Waals surface area (Å²) < 4.78 is 7.26. The van der Waals surface area contributed by atoms with Gasteiger partial charge in [0.2, 0.25) is 5.95 Å². The van der Waals surface area contributed by atoms with E-state index in [-0.39, 0.29) is 0 Å². The van der Waals surface area contributed by atoms with Crippen LogP contribution in [0.15, 0.2) is 24.8 Å². The Morgan fingerprint density at radius 3 is 3.07 bits per heavy atom. The number of hydrogen-bond acceptors (Lipinski definition) is 9. The molecule has 0 aliphatic carbocycles. The highest BCUT2D eigenvalue weighted by Crippen LogP contribution is 2.28. The Labute approximate surface area is 173 Å². The SMILES string of the molecule is CCOCCn1ncc2nc(N3CCC[C@H](C(=O)O)C3)nc(Nc3ccncn3)c21. The molecule has 0 spiro atoms. The molecule has 0 radical (unpaired) electrons. The van der Waals surface area contributed by atoms with Gasteiger partial charge in [-0.15, -0.1) is 0 Å². The molecule has 1 saturated heterocycles. The van der Waals surface area contributed by atoms with Crippen LogP contribution in [0.5, 0.6) is 0 Å². The van der Waals surface area contributed by atoms with E-state index in [0.29, 0.717) is 62.4 Å². The number of aromatic nitrogens is 6. The van der Waals surface area contributed by atoms with Gasteiger partial charge in [-0.3, -0.25) is 9.48 Å². The number of carbonyl (C=O) groups is 1. The summed E-state index contributed by atoms with van der Waals surface area (Å²) in [5.74, 6) is 0.416. The Balaban J connectivity index is 1.71. The summed E-state index contributed by atoms with van der Waals surface area (Å²) in [5, 5.41) is 17.1. The number of hydrogen-bond donors (Lipinski definition) is 2. The Morgan fingerprint density at radius 2 is 2.30 bits per heavy atom. The van der Waals surface area contributed by atoms with Crippen molar-refractivity contribution in [1.29, 1.82) is 0 Å². The van der Waals surface area contributed by atoms with E-state index in [2.05, 4.69) is 25.4 Å².